The number of esters is 3. The molecule has 0 aliphatic rings. The van der Waals surface area contributed by atoms with Gasteiger partial charge in [-0.2, -0.15) is 0 Å². The van der Waals surface area contributed by atoms with E-state index in [1.54, 1.807) is 0 Å². The maximum Gasteiger partial charge on any atom is 0.306 e. The smallest absolute Gasteiger partial charge is 0.306 e. The molecular formula is C70H126O6. The molecule has 442 valence electrons. The third kappa shape index (κ3) is 62.0. The van der Waals surface area contributed by atoms with Gasteiger partial charge in [0.05, 0.1) is 0 Å². The van der Waals surface area contributed by atoms with E-state index in [0.29, 0.717) is 19.3 Å². The number of rotatable bonds is 61. The van der Waals surface area contributed by atoms with Gasteiger partial charge in [0.25, 0.3) is 0 Å². The van der Waals surface area contributed by atoms with Crippen molar-refractivity contribution >= 4 is 17.9 Å². The van der Waals surface area contributed by atoms with Crippen molar-refractivity contribution in [2.24, 2.45) is 0 Å². The van der Waals surface area contributed by atoms with Crippen LogP contribution in [0.5, 0.6) is 0 Å². The van der Waals surface area contributed by atoms with Gasteiger partial charge in [-0.15, -0.1) is 0 Å². The highest BCUT2D eigenvalue weighted by Gasteiger charge is 2.19. The van der Waals surface area contributed by atoms with Crippen LogP contribution in [0.3, 0.4) is 0 Å². The maximum atomic E-state index is 12.9. The van der Waals surface area contributed by atoms with Gasteiger partial charge >= 0.3 is 17.9 Å². The first-order valence-electron chi connectivity index (χ1n) is 33.3. The van der Waals surface area contributed by atoms with E-state index in [1.807, 2.05) is 0 Å². The van der Waals surface area contributed by atoms with Gasteiger partial charge in [0, 0.05) is 19.3 Å². The number of ether oxygens (including phenoxy) is 3. The van der Waals surface area contributed by atoms with E-state index in [2.05, 4.69) is 81.5 Å². The number of hydrogen-bond donors (Lipinski definition) is 0. The molecule has 0 spiro atoms. The Morgan fingerprint density at radius 1 is 0.276 bits per heavy atom. The number of unbranched alkanes of at least 4 members (excludes halogenated alkanes) is 40. The Bertz CT molecular complexity index is 1360. The minimum atomic E-state index is -0.785. The Morgan fingerprint density at radius 2 is 0.513 bits per heavy atom. The molecule has 0 N–H and O–H groups in total. The minimum absolute atomic E-state index is 0.0796. The topological polar surface area (TPSA) is 78.9 Å². The molecule has 0 aromatic carbocycles. The van der Waals surface area contributed by atoms with Crippen molar-refractivity contribution in [2.45, 2.75) is 354 Å². The number of hydrogen-bond acceptors (Lipinski definition) is 6. The van der Waals surface area contributed by atoms with E-state index in [0.717, 1.165) is 103 Å². The molecule has 76 heavy (non-hydrogen) atoms. The van der Waals surface area contributed by atoms with E-state index in [9.17, 15) is 14.4 Å². The van der Waals surface area contributed by atoms with Crippen LogP contribution in [0.4, 0.5) is 0 Å². The van der Waals surface area contributed by atoms with Gasteiger partial charge in [-0.1, -0.05) is 306 Å². The van der Waals surface area contributed by atoms with Crippen LogP contribution in [-0.4, -0.2) is 37.2 Å². The van der Waals surface area contributed by atoms with Crippen molar-refractivity contribution in [3.05, 3.63) is 60.8 Å². The average molecular weight is 1060 g/mol. The summed E-state index contributed by atoms with van der Waals surface area (Å²) in [5, 5.41) is 0. The molecular weight excluding hydrogens is 937 g/mol. The summed E-state index contributed by atoms with van der Waals surface area (Å²) in [5.41, 5.74) is 0. The van der Waals surface area contributed by atoms with Crippen molar-refractivity contribution in [3.8, 4) is 0 Å². The van der Waals surface area contributed by atoms with Crippen molar-refractivity contribution in [3.63, 3.8) is 0 Å². The lowest BCUT2D eigenvalue weighted by Gasteiger charge is -2.18. The lowest BCUT2D eigenvalue weighted by Crippen LogP contribution is -2.30. The average Bonchev–Trinajstić information content (AvgIpc) is 3.42. The second-order valence-corrected chi connectivity index (χ2v) is 22.4. The second-order valence-electron chi connectivity index (χ2n) is 22.4. The highest BCUT2D eigenvalue weighted by atomic mass is 16.6. The molecule has 6 heteroatoms. The summed E-state index contributed by atoms with van der Waals surface area (Å²) in [7, 11) is 0. The Kier molecular flexibility index (Phi) is 62.2. The highest BCUT2D eigenvalue weighted by molar-refractivity contribution is 5.71. The Balaban J connectivity index is 4.26. The first kappa shape index (κ1) is 73.1. The van der Waals surface area contributed by atoms with E-state index in [-0.39, 0.29) is 31.1 Å². The fourth-order valence-corrected chi connectivity index (χ4v) is 9.79. The molecule has 0 aliphatic heterocycles. The molecule has 0 aromatic rings. The van der Waals surface area contributed by atoms with Crippen molar-refractivity contribution in [1.82, 2.24) is 0 Å². The highest BCUT2D eigenvalue weighted by Crippen LogP contribution is 2.18. The summed E-state index contributed by atoms with van der Waals surface area (Å²) >= 11 is 0. The number of carbonyl (C=O) groups excluding carboxylic acids is 3. The second kappa shape index (κ2) is 64.6. The van der Waals surface area contributed by atoms with E-state index >= 15 is 0 Å². The molecule has 0 amide bonds. The van der Waals surface area contributed by atoms with Crippen LogP contribution >= 0.6 is 0 Å². The van der Waals surface area contributed by atoms with Crippen LogP contribution < -0.4 is 0 Å². The molecule has 0 aliphatic carbocycles. The third-order valence-corrected chi connectivity index (χ3v) is 14.8. The summed E-state index contributed by atoms with van der Waals surface area (Å²) in [5.74, 6) is -0.884. The van der Waals surface area contributed by atoms with Crippen molar-refractivity contribution < 1.29 is 28.6 Å². The van der Waals surface area contributed by atoms with Crippen LogP contribution in [0.25, 0.3) is 0 Å². The van der Waals surface area contributed by atoms with Gasteiger partial charge in [-0.05, 0) is 83.5 Å². The lowest BCUT2D eigenvalue weighted by atomic mass is 10.0. The lowest BCUT2D eigenvalue weighted by molar-refractivity contribution is -0.167. The van der Waals surface area contributed by atoms with Gasteiger partial charge < -0.3 is 14.2 Å². The third-order valence-electron chi connectivity index (χ3n) is 14.8. The van der Waals surface area contributed by atoms with Gasteiger partial charge in [0.15, 0.2) is 6.10 Å². The van der Waals surface area contributed by atoms with Crippen LogP contribution in [0, 0.1) is 0 Å². The van der Waals surface area contributed by atoms with Gasteiger partial charge in [-0.25, -0.2) is 0 Å². The fourth-order valence-electron chi connectivity index (χ4n) is 9.79. The normalized spacial score (nSPS) is 12.4. The first-order valence-corrected chi connectivity index (χ1v) is 33.3. The molecule has 0 heterocycles. The Hall–Kier alpha value is -2.89. The summed E-state index contributed by atoms with van der Waals surface area (Å²) in [6.45, 7) is 6.55. The molecule has 0 aromatic heterocycles. The molecule has 0 radical (unpaired) electrons. The van der Waals surface area contributed by atoms with Gasteiger partial charge in [0.2, 0.25) is 0 Å². The van der Waals surface area contributed by atoms with Crippen molar-refractivity contribution in [1.29, 1.82) is 0 Å². The minimum Gasteiger partial charge on any atom is -0.462 e. The molecule has 0 bridgehead atoms. The predicted octanol–water partition coefficient (Wildman–Crippen LogP) is 22.7. The quantitative estimate of drug-likeness (QED) is 0.0261. The molecule has 6 nitrogen and oxygen atoms in total. The summed E-state index contributed by atoms with van der Waals surface area (Å²) in [6, 6.07) is 0. The predicted molar refractivity (Wildman–Crippen MR) is 330 cm³/mol. The number of carbonyl (C=O) groups is 3. The summed E-state index contributed by atoms with van der Waals surface area (Å²) in [6.07, 6.45) is 82.4. The molecule has 0 saturated carbocycles. The van der Waals surface area contributed by atoms with Crippen molar-refractivity contribution in [2.75, 3.05) is 13.2 Å². The van der Waals surface area contributed by atoms with Crippen LogP contribution in [0.2, 0.25) is 0 Å². The number of allylic oxidation sites excluding steroid dienone is 10. The van der Waals surface area contributed by atoms with E-state index in [4.69, 9.17) is 14.2 Å². The molecule has 1 atom stereocenters. The maximum absolute atomic E-state index is 12.9. The molecule has 0 fully saturated rings. The standard InChI is InChI=1S/C70H126O6/c1-4-7-10-13-16-19-22-25-27-29-31-32-33-34-35-36-37-39-40-42-45-48-51-54-57-60-63-69(72)75-66-67(65-74-68(71)62-59-56-53-50-47-44-24-21-18-15-12-9-6-3)76-70(73)64-61-58-55-52-49-46-43-41-38-30-28-26-23-20-17-14-11-8-5-2/h8,11,17,20-21,24,26,28,38,41,67H,4-7,9-10,12-16,18-19,22-23,25,27,29-37,39-40,42-66H2,1-3H3/b11-8-,20-17-,24-21-,28-26-,41-38-. The monoisotopic (exact) mass is 1060 g/mol. The summed E-state index contributed by atoms with van der Waals surface area (Å²) in [4.78, 5) is 38.3. The molecule has 1 unspecified atom stereocenters. The Labute approximate surface area is 472 Å². The van der Waals surface area contributed by atoms with Crippen LogP contribution in [0.15, 0.2) is 60.8 Å². The SMILES string of the molecule is CC/C=C\C/C=C\C/C=C\C/C=C\CCCCCCCCC(=O)OC(COC(=O)CCCCCCC/C=C\CCCCCC)COC(=O)CCCCCCCCCCCCCCCCCCCCCCCCCCCC. The first-order chi connectivity index (χ1) is 37.5. The van der Waals surface area contributed by atoms with Crippen LogP contribution in [0.1, 0.15) is 348 Å². The zero-order valence-electron chi connectivity index (χ0n) is 50.8. The Morgan fingerprint density at radius 3 is 0.829 bits per heavy atom. The summed E-state index contributed by atoms with van der Waals surface area (Å²) < 4.78 is 16.9. The largest absolute Gasteiger partial charge is 0.462 e. The van der Waals surface area contributed by atoms with Gasteiger partial charge in [-0.3, -0.25) is 14.4 Å². The van der Waals surface area contributed by atoms with Crippen LogP contribution in [-0.2, 0) is 28.6 Å². The molecule has 0 rings (SSSR count). The van der Waals surface area contributed by atoms with E-state index in [1.165, 1.54) is 205 Å². The molecule has 0 saturated heterocycles. The van der Waals surface area contributed by atoms with E-state index < -0.39 is 6.10 Å². The zero-order chi connectivity index (χ0) is 55.0. The van der Waals surface area contributed by atoms with Gasteiger partial charge in [0.1, 0.15) is 13.2 Å². The fraction of sp³-hybridized carbons (Fsp3) is 0.814. The zero-order valence-corrected chi connectivity index (χ0v) is 50.8.